The molecule has 222 valence electrons. The van der Waals surface area contributed by atoms with Gasteiger partial charge in [-0.15, -0.1) is 0 Å². The number of benzene rings is 1. The number of morpholine rings is 1. The molecular formula is C30H30ClFN8O3. The molecule has 1 aliphatic carbocycles. The Morgan fingerprint density at radius 2 is 1.95 bits per heavy atom. The molecule has 1 aliphatic heterocycles. The first-order chi connectivity index (χ1) is 20.9. The van der Waals surface area contributed by atoms with Crippen molar-refractivity contribution in [3.8, 4) is 22.9 Å². The molecule has 4 aromatic heterocycles. The molecule has 1 saturated heterocycles. The van der Waals surface area contributed by atoms with E-state index in [4.69, 9.17) is 35.8 Å². The molecule has 43 heavy (non-hydrogen) atoms. The van der Waals surface area contributed by atoms with Gasteiger partial charge in [-0.3, -0.25) is 14.5 Å². The smallest absolute Gasteiger partial charge is 0.377 e. The van der Waals surface area contributed by atoms with E-state index in [0.29, 0.717) is 77.1 Å². The first-order valence-electron chi connectivity index (χ1n) is 14.5. The van der Waals surface area contributed by atoms with Crippen LogP contribution in [0, 0.1) is 17.7 Å². The SMILES string of the molecule is CC1CCC(Cn2c(N3CCOC[C@H]3c3ccccc3F)nc3nc(-c4noc(=O)[nH]4)nc(-c4cncc(Cl)c4)c32)CC1. The average Bonchev–Trinajstić information content (AvgIpc) is 3.61. The van der Waals surface area contributed by atoms with Gasteiger partial charge in [-0.05, 0) is 36.8 Å². The van der Waals surface area contributed by atoms with Gasteiger partial charge in [0.05, 0.1) is 24.3 Å². The van der Waals surface area contributed by atoms with Crippen LogP contribution in [0.4, 0.5) is 10.3 Å². The number of fused-ring (bicyclic) bond motifs is 1. The van der Waals surface area contributed by atoms with Crippen molar-refractivity contribution in [3.05, 3.63) is 69.7 Å². The zero-order valence-corrected chi connectivity index (χ0v) is 24.3. The number of hydrogen-bond donors (Lipinski definition) is 1. The summed E-state index contributed by atoms with van der Waals surface area (Å²) in [6.07, 6.45) is 7.73. The maximum Gasteiger partial charge on any atom is 0.439 e. The fourth-order valence-electron chi connectivity index (χ4n) is 6.21. The van der Waals surface area contributed by atoms with Gasteiger partial charge in [0.15, 0.2) is 5.65 Å². The van der Waals surface area contributed by atoms with Crippen LogP contribution in [0.5, 0.6) is 0 Å². The number of pyridine rings is 1. The number of rotatable bonds is 6. The van der Waals surface area contributed by atoms with Crippen LogP contribution >= 0.6 is 11.6 Å². The van der Waals surface area contributed by atoms with Crippen LogP contribution in [0.3, 0.4) is 0 Å². The minimum atomic E-state index is -0.719. The summed E-state index contributed by atoms with van der Waals surface area (Å²) in [6, 6.07) is 8.16. The van der Waals surface area contributed by atoms with Crippen molar-refractivity contribution >= 4 is 28.7 Å². The van der Waals surface area contributed by atoms with Crippen molar-refractivity contribution in [1.82, 2.24) is 34.6 Å². The van der Waals surface area contributed by atoms with Crippen molar-refractivity contribution in [2.45, 2.75) is 45.2 Å². The van der Waals surface area contributed by atoms with Crippen LogP contribution in [0.2, 0.25) is 5.02 Å². The van der Waals surface area contributed by atoms with Gasteiger partial charge >= 0.3 is 5.76 Å². The summed E-state index contributed by atoms with van der Waals surface area (Å²) in [5.74, 6) is 0.972. The first kappa shape index (κ1) is 27.7. The van der Waals surface area contributed by atoms with Crippen molar-refractivity contribution in [2.24, 2.45) is 11.8 Å². The molecule has 1 N–H and O–H groups in total. The summed E-state index contributed by atoms with van der Waals surface area (Å²) in [5.41, 5.74) is 2.84. The highest BCUT2D eigenvalue weighted by Crippen LogP contribution is 2.39. The van der Waals surface area contributed by atoms with Gasteiger partial charge < -0.3 is 14.2 Å². The molecule has 1 atom stereocenters. The molecule has 0 bridgehead atoms. The molecule has 2 aliphatic rings. The Labute approximate surface area is 251 Å². The molecule has 0 spiro atoms. The number of aromatic amines is 1. The van der Waals surface area contributed by atoms with Crippen LogP contribution in [0.15, 0.2) is 52.0 Å². The van der Waals surface area contributed by atoms with Crippen LogP contribution in [-0.2, 0) is 11.3 Å². The van der Waals surface area contributed by atoms with E-state index in [-0.39, 0.29) is 17.5 Å². The molecule has 5 heterocycles. The third kappa shape index (κ3) is 5.40. The highest BCUT2D eigenvalue weighted by atomic mass is 35.5. The van der Waals surface area contributed by atoms with Crippen molar-refractivity contribution in [3.63, 3.8) is 0 Å². The average molecular weight is 605 g/mol. The molecule has 11 nitrogen and oxygen atoms in total. The Kier molecular flexibility index (Phi) is 7.39. The maximum absolute atomic E-state index is 15.1. The fourth-order valence-corrected chi connectivity index (χ4v) is 6.38. The normalized spacial score (nSPS) is 21.0. The number of anilines is 1. The van der Waals surface area contributed by atoms with Crippen molar-refractivity contribution in [1.29, 1.82) is 0 Å². The summed E-state index contributed by atoms with van der Waals surface area (Å²) >= 11 is 6.38. The number of ether oxygens (including phenoxy) is 1. The lowest BCUT2D eigenvalue weighted by molar-refractivity contribution is 0.0917. The van der Waals surface area contributed by atoms with Crippen molar-refractivity contribution < 1.29 is 13.7 Å². The third-order valence-electron chi connectivity index (χ3n) is 8.44. The first-order valence-corrected chi connectivity index (χ1v) is 14.9. The van der Waals surface area contributed by atoms with Crippen LogP contribution < -0.4 is 10.7 Å². The maximum atomic E-state index is 15.1. The van der Waals surface area contributed by atoms with E-state index >= 15 is 4.39 Å². The third-order valence-corrected chi connectivity index (χ3v) is 8.65. The number of hydrogen-bond acceptors (Lipinski definition) is 9. The van der Waals surface area contributed by atoms with E-state index in [1.165, 1.54) is 6.07 Å². The molecule has 7 rings (SSSR count). The molecule has 1 saturated carbocycles. The van der Waals surface area contributed by atoms with Gasteiger partial charge in [-0.1, -0.05) is 54.7 Å². The zero-order valence-electron chi connectivity index (χ0n) is 23.5. The molecule has 1 aromatic carbocycles. The Morgan fingerprint density at radius 1 is 1.12 bits per heavy atom. The topological polar surface area (TPSA) is 128 Å². The number of imidazole rings is 1. The lowest BCUT2D eigenvalue weighted by atomic mass is 9.83. The molecular weight excluding hydrogens is 575 g/mol. The van der Waals surface area contributed by atoms with Crippen molar-refractivity contribution in [2.75, 3.05) is 24.7 Å². The quantitative estimate of drug-likeness (QED) is 0.270. The monoisotopic (exact) mass is 604 g/mol. The highest BCUT2D eigenvalue weighted by Gasteiger charge is 2.33. The fraction of sp³-hybridized carbons (Fsp3) is 0.400. The Hall–Kier alpha value is -4.16. The summed E-state index contributed by atoms with van der Waals surface area (Å²) in [5, 5.41) is 4.26. The van der Waals surface area contributed by atoms with Gasteiger partial charge in [-0.25, -0.2) is 19.2 Å². The summed E-state index contributed by atoms with van der Waals surface area (Å²) in [6.45, 7) is 4.28. The van der Waals surface area contributed by atoms with Gasteiger partial charge in [-0.2, -0.15) is 4.98 Å². The molecule has 13 heteroatoms. The lowest BCUT2D eigenvalue weighted by Gasteiger charge is -2.37. The van der Waals surface area contributed by atoms with Crippen LogP contribution in [0.25, 0.3) is 34.1 Å². The van der Waals surface area contributed by atoms with E-state index in [9.17, 15) is 4.79 Å². The Bertz CT molecular complexity index is 1830. The highest BCUT2D eigenvalue weighted by molar-refractivity contribution is 6.30. The van der Waals surface area contributed by atoms with E-state index in [0.717, 1.165) is 25.7 Å². The Balaban J connectivity index is 1.46. The predicted molar refractivity (Wildman–Crippen MR) is 158 cm³/mol. The zero-order chi connectivity index (χ0) is 29.5. The van der Waals surface area contributed by atoms with Crippen LogP contribution in [0.1, 0.15) is 44.2 Å². The summed E-state index contributed by atoms with van der Waals surface area (Å²) in [7, 11) is 0. The van der Waals surface area contributed by atoms with E-state index in [2.05, 4.69) is 31.5 Å². The molecule has 0 amide bonds. The number of nitrogens with one attached hydrogen (secondary N) is 1. The number of halogens is 2. The minimum absolute atomic E-state index is 0.0797. The second-order valence-electron chi connectivity index (χ2n) is 11.4. The predicted octanol–water partition coefficient (Wildman–Crippen LogP) is 5.43. The van der Waals surface area contributed by atoms with Gasteiger partial charge in [0.2, 0.25) is 17.6 Å². The Morgan fingerprint density at radius 3 is 2.72 bits per heavy atom. The van der Waals surface area contributed by atoms with Gasteiger partial charge in [0.1, 0.15) is 17.0 Å². The number of H-pyrrole nitrogens is 1. The summed E-state index contributed by atoms with van der Waals surface area (Å²) in [4.78, 5) is 35.4. The second kappa shape index (κ2) is 11.5. The second-order valence-corrected chi connectivity index (χ2v) is 11.8. The molecule has 5 aromatic rings. The standard InChI is InChI=1S/C30H30ClFN8O3/c1-17-6-8-18(9-7-17)15-40-25-24(19-12-20(31)14-33-13-19)34-27(28-37-30(41)43-38-28)35-26(25)36-29(40)39-10-11-42-16-23(39)21-4-2-3-5-22(21)32/h2-5,12-14,17-18,23H,6-11,15-16H2,1H3,(H,37,38,41)/t17?,18?,23-/m0/s1. The van der Waals surface area contributed by atoms with Crippen LogP contribution in [-0.4, -0.2) is 54.4 Å². The lowest BCUT2D eigenvalue weighted by Crippen LogP contribution is -2.41. The molecule has 2 fully saturated rings. The van der Waals surface area contributed by atoms with E-state index < -0.39 is 11.8 Å². The van der Waals surface area contributed by atoms with Gasteiger partial charge in [0, 0.05) is 36.6 Å². The van der Waals surface area contributed by atoms with E-state index in [1.807, 2.05) is 6.07 Å². The molecule has 0 radical (unpaired) electrons. The number of nitrogens with zero attached hydrogens (tertiary/aromatic N) is 7. The van der Waals surface area contributed by atoms with Gasteiger partial charge in [0.25, 0.3) is 0 Å². The largest absolute Gasteiger partial charge is 0.439 e. The summed E-state index contributed by atoms with van der Waals surface area (Å²) < 4.78 is 27.9. The molecule has 0 unspecified atom stereocenters. The minimum Gasteiger partial charge on any atom is -0.377 e. The number of aromatic nitrogens is 7. The van der Waals surface area contributed by atoms with E-state index in [1.54, 1.807) is 30.6 Å².